The Morgan fingerprint density at radius 1 is 0.476 bits per heavy atom. The van der Waals surface area contributed by atoms with Gasteiger partial charge in [-0.1, -0.05) is 162 Å². The quantitative estimate of drug-likeness (QED) is 0.0179. The van der Waals surface area contributed by atoms with E-state index in [1.54, 1.807) is 0 Å². The van der Waals surface area contributed by atoms with Gasteiger partial charge in [0.1, 0.15) is 65.0 Å². The molecule has 0 aromatic heterocycles. The van der Waals surface area contributed by atoms with Crippen LogP contribution in [0.2, 0.25) is 6.80 Å². The summed E-state index contributed by atoms with van der Waals surface area (Å²) in [5, 5.41) is 78.1. The second kappa shape index (κ2) is 45.5. The van der Waals surface area contributed by atoms with Gasteiger partial charge in [0.2, 0.25) is 0 Å². The number of aryl methyl sites for hydroxylation is 4. The molecule has 10 rings (SSSR count). The van der Waals surface area contributed by atoms with E-state index < -0.39 is 11.9 Å². The molecule has 105 heavy (non-hydrogen) atoms. The second-order valence-electron chi connectivity index (χ2n) is 31.0. The molecule has 8 atom stereocenters. The van der Waals surface area contributed by atoms with Crippen LogP contribution in [0.4, 0.5) is 0 Å². The van der Waals surface area contributed by atoms with Crippen LogP contribution < -0.4 is 9.47 Å². The van der Waals surface area contributed by atoms with E-state index in [1.165, 1.54) is 97.6 Å². The number of carbonyl (C=O) groups is 2. The highest BCUT2D eigenvalue weighted by atomic mass is 32.1. The first-order valence-electron chi connectivity index (χ1n) is 39.9. The molecule has 0 saturated carbocycles. The number of carboxylic acids is 2. The van der Waals surface area contributed by atoms with Crippen LogP contribution in [0.1, 0.15) is 310 Å². The molecule has 2 aliphatic heterocycles. The van der Waals surface area contributed by atoms with Gasteiger partial charge in [-0.3, -0.25) is 9.59 Å². The lowest BCUT2D eigenvalue weighted by molar-refractivity contribution is -0.135. The first-order valence-corrected chi connectivity index (χ1v) is 39.1. The lowest BCUT2D eigenvalue weighted by Gasteiger charge is -2.46. The Morgan fingerprint density at radius 3 is 0.933 bits per heavy atom. The van der Waals surface area contributed by atoms with E-state index in [-0.39, 0.29) is 81.7 Å². The van der Waals surface area contributed by atoms with E-state index in [0.29, 0.717) is 34.5 Å². The van der Waals surface area contributed by atoms with Crippen molar-refractivity contribution in [2.24, 2.45) is 23.7 Å². The number of aromatic hydroxyl groups is 6. The van der Waals surface area contributed by atoms with E-state index in [0.717, 1.165) is 149 Å². The summed E-state index contributed by atoms with van der Waals surface area (Å²) in [5.41, 5.74) is 15.1. The number of carboxylic acid groups (broad SMARTS) is 2. The molecule has 0 fully saturated rings. The van der Waals surface area contributed by atoms with Gasteiger partial charge in [0.15, 0.2) is 0 Å². The molecule has 0 saturated heterocycles. The van der Waals surface area contributed by atoms with E-state index in [1.807, 2.05) is 50.2 Å². The van der Waals surface area contributed by atoms with Gasteiger partial charge in [-0.15, -0.1) is 12.2 Å². The average molecular weight is 1460 g/mol. The minimum Gasteiger partial charge on any atom is -0.507 e. The number of phenols is 6. The van der Waals surface area contributed by atoms with Gasteiger partial charge < -0.3 is 50.3 Å². The fourth-order valence-electron chi connectivity index (χ4n) is 15.9. The van der Waals surface area contributed by atoms with Gasteiger partial charge in [0.05, 0.1) is 9.22 Å². The Bertz CT molecular complexity index is 3380. The summed E-state index contributed by atoms with van der Waals surface area (Å²) in [6.07, 6.45) is 35.7. The molecular weight excluding hydrogens is 1330 g/mol. The fraction of sp³-hybridized carbons (Fsp3) is 0.567. The Labute approximate surface area is 644 Å². The SMILES string of the molecule is C=C(C)[C@@H]1CCC(C)=CC1c1c(O)cc(CCCCC)cc1O.C=C(C)[C@@H]1CCC(C)=CC1c1c(O)cc(CCCCC)cc1O.CC(=O)O.CC(=O)O.CCCCCc1cc(O)c2c(c1)OC(C)(C)[C@@H]1CCC(C)=C[C@@H]21.CCCCCc1cc(O)c2c(c1)OC(C)(C)[C@@H]1CCC(C)=C[C@@H]21.[2H]C([B])=S.[2H]C[B]. The molecule has 4 aromatic carbocycles. The molecule has 4 aromatic rings. The highest BCUT2D eigenvalue weighted by molar-refractivity contribution is 7.81. The zero-order valence-electron chi connectivity index (χ0n) is 68.9. The van der Waals surface area contributed by atoms with Crippen LogP contribution in [0.15, 0.2) is 119 Å². The van der Waals surface area contributed by atoms with Crippen molar-refractivity contribution in [3.05, 3.63) is 164 Å². The predicted molar refractivity (Wildman–Crippen MR) is 442 cm³/mol. The van der Waals surface area contributed by atoms with E-state index in [4.69, 9.17) is 32.0 Å². The average Bonchev–Trinajstić information content (AvgIpc) is 0.751. The largest absolute Gasteiger partial charge is 0.507 e. The smallest absolute Gasteiger partial charge is 0.300 e. The lowest BCUT2D eigenvalue weighted by atomic mass is 9.68. The summed E-state index contributed by atoms with van der Waals surface area (Å²) < 4.78 is 24.8. The number of thiocarbonyl (C=S) groups is 1. The Kier molecular flexibility index (Phi) is 38.4. The van der Waals surface area contributed by atoms with Gasteiger partial charge in [-0.05, 0) is 255 Å². The number of rotatable bonds is 20. The van der Waals surface area contributed by atoms with E-state index >= 15 is 0 Å². The van der Waals surface area contributed by atoms with Crippen LogP contribution in [-0.2, 0) is 35.3 Å². The number of benzene rings is 4. The Morgan fingerprint density at radius 2 is 0.695 bits per heavy atom. The van der Waals surface area contributed by atoms with E-state index in [9.17, 15) is 30.6 Å². The highest BCUT2D eigenvalue weighted by Crippen LogP contribution is 2.56. The zero-order valence-corrected chi connectivity index (χ0v) is 67.7. The maximum absolute atomic E-state index is 10.7. The number of unbranched alkanes of at least 4 members (excludes halogenated alkanes) is 8. The third kappa shape index (κ3) is 28.5. The van der Waals surface area contributed by atoms with Crippen LogP contribution in [0.5, 0.6) is 46.0 Å². The van der Waals surface area contributed by atoms with Gasteiger partial charge >= 0.3 is 0 Å². The van der Waals surface area contributed by atoms with Crippen molar-refractivity contribution in [2.45, 2.75) is 307 Å². The lowest BCUT2D eigenvalue weighted by Crippen LogP contribution is -2.45. The molecule has 12 nitrogen and oxygen atoms in total. The summed E-state index contributed by atoms with van der Waals surface area (Å²) >= 11 is 3.98. The van der Waals surface area contributed by atoms with Crippen molar-refractivity contribution < 1.29 is 62.7 Å². The summed E-state index contributed by atoms with van der Waals surface area (Å²) in [4.78, 5) is 18.0. The Balaban J connectivity index is 0.000000347. The topological polar surface area (TPSA) is 214 Å². The molecule has 0 bridgehead atoms. The van der Waals surface area contributed by atoms with Gasteiger partial charge in [-0.25, -0.2) is 0 Å². The number of phenolic OH excluding ortho intramolecular Hbond substituents is 6. The molecule has 4 radical (unpaired) electrons. The molecule has 0 spiro atoms. The van der Waals surface area contributed by atoms with Crippen molar-refractivity contribution in [2.75, 3.05) is 0 Å². The minimum absolute atomic E-state index is 0. The number of aliphatic carboxylic acids is 2. The van der Waals surface area contributed by atoms with Crippen molar-refractivity contribution >= 4 is 45.1 Å². The molecular formula is C90H132B2O12S. The van der Waals surface area contributed by atoms with Crippen molar-refractivity contribution in [1.29, 1.82) is 0 Å². The van der Waals surface area contributed by atoms with Gasteiger partial charge in [0.25, 0.3) is 11.9 Å². The molecule has 576 valence electrons. The Hall–Kier alpha value is -7.12. The van der Waals surface area contributed by atoms with Crippen LogP contribution >= 0.6 is 12.2 Å². The molecule has 2 heterocycles. The zero-order chi connectivity index (χ0) is 80.6. The van der Waals surface area contributed by atoms with Gasteiger partial charge in [0, 0.05) is 73.0 Å². The van der Waals surface area contributed by atoms with Crippen LogP contribution in [0, 0.1) is 23.7 Å². The van der Waals surface area contributed by atoms with Crippen LogP contribution in [0.3, 0.4) is 0 Å². The third-order valence-corrected chi connectivity index (χ3v) is 21.1. The number of hydrogen-bond donors (Lipinski definition) is 8. The molecule has 15 heteroatoms. The maximum atomic E-state index is 10.7. The molecule has 4 aliphatic carbocycles. The number of allylic oxidation sites excluding steroid dienone is 10. The van der Waals surface area contributed by atoms with Gasteiger partial charge in [-0.2, -0.15) is 0 Å². The van der Waals surface area contributed by atoms with E-state index in [2.05, 4.69) is 161 Å². The number of fused-ring (bicyclic) bond motifs is 6. The molecule has 0 amide bonds. The van der Waals surface area contributed by atoms with Crippen LogP contribution in [0.25, 0.3) is 0 Å². The summed E-state index contributed by atoms with van der Waals surface area (Å²) in [6, 6.07) is 15.6. The standard InChI is InChI=1S/4C21H30O2.2C2H4O2.CHBS.CH3B/c2*1-5-6-7-8-15-12-18(22)20-16-11-14(2)9-10-17(16)21(3,4)23-19(20)13-15;2*1-5-6-7-8-16-12-19(22)21(20(23)13-16)18-11-15(4)9-10-17(18)14(2)3;2*1-2(3)4;2-1-3;1-2/h2*11-13,16-17,22H,5-10H2,1-4H3;2*11-13,17-18,22-23H,2,5-10H2,1,3-4H3;2*1H3,(H,3,4);1H;1H3/t2*16-,17-;2*17-,18?;;;;/m1100..../s1/i;;;;;;2*1D. The minimum atomic E-state index is -0.833. The van der Waals surface area contributed by atoms with Crippen molar-refractivity contribution in [1.82, 2.24) is 0 Å². The summed E-state index contributed by atoms with van der Waals surface area (Å²) in [6.45, 7) is 40.7. The number of ether oxygens (including phenoxy) is 2. The third-order valence-electron chi connectivity index (χ3n) is 21.1. The summed E-state index contributed by atoms with van der Waals surface area (Å²) in [5.74, 6) is 3.90. The highest BCUT2D eigenvalue weighted by Gasteiger charge is 2.47. The van der Waals surface area contributed by atoms with Crippen molar-refractivity contribution in [3.8, 4) is 46.0 Å². The normalized spacial score (nSPS) is 21.1. The first-order chi connectivity index (χ1) is 50.3. The molecule has 6 aliphatic rings. The number of hydrogen-bond acceptors (Lipinski definition) is 11. The molecule has 2 unspecified atom stereocenters. The molecule has 8 N–H and O–H groups in total. The maximum Gasteiger partial charge on any atom is 0.300 e. The fourth-order valence-corrected chi connectivity index (χ4v) is 15.9. The first kappa shape index (κ1) is 88.5. The van der Waals surface area contributed by atoms with Crippen LogP contribution in [-0.4, -0.2) is 84.9 Å². The predicted octanol–water partition coefficient (Wildman–Crippen LogP) is 23.7. The monoisotopic (exact) mass is 1460 g/mol. The van der Waals surface area contributed by atoms with Crippen molar-refractivity contribution in [3.63, 3.8) is 0 Å². The second-order valence-corrected chi connectivity index (χ2v) is 31.2. The summed E-state index contributed by atoms with van der Waals surface area (Å²) in [7, 11) is 9.02.